The van der Waals surface area contributed by atoms with E-state index in [9.17, 15) is 9.90 Å². The van der Waals surface area contributed by atoms with Crippen molar-refractivity contribution < 1.29 is 9.90 Å². The summed E-state index contributed by atoms with van der Waals surface area (Å²) >= 11 is 0. The van der Waals surface area contributed by atoms with Crippen LogP contribution < -0.4 is 5.32 Å². The fraction of sp³-hybridized carbons (Fsp3) is 0.533. The maximum atomic E-state index is 11.6. The number of nitrogens with zero attached hydrogens (tertiary/aromatic N) is 1. The highest BCUT2D eigenvalue weighted by atomic mass is 16.4. The molecule has 4 heteroatoms. The fourth-order valence-electron chi connectivity index (χ4n) is 2.82. The number of carboxylic acid groups (broad SMARTS) is 1. The van der Waals surface area contributed by atoms with Gasteiger partial charge in [-0.15, -0.1) is 0 Å². The summed E-state index contributed by atoms with van der Waals surface area (Å²) in [5.74, 6) is -0.754. The molecule has 1 aromatic carbocycles. The van der Waals surface area contributed by atoms with Crippen molar-refractivity contribution in [2.45, 2.75) is 44.4 Å². The lowest BCUT2D eigenvalue weighted by Crippen LogP contribution is -2.56. The summed E-state index contributed by atoms with van der Waals surface area (Å²) in [4.78, 5) is 13.8. The first kappa shape index (κ1) is 12.6. The minimum atomic E-state index is -0.844. The number of rotatable bonds is 5. The number of carbonyl (C=O) groups is 1. The molecule has 2 N–H and O–H groups in total. The first-order valence-electron chi connectivity index (χ1n) is 6.87. The topological polar surface area (TPSA) is 52.6 Å². The van der Waals surface area contributed by atoms with Gasteiger partial charge in [-0.25, -0.2) is 0 Å². The second-order valence-corrected chi connectivity index (χ2v) is 5.97. The van der Waals surface area contributed by atoms with Gasteiger partial charge in [0, 0.05) is 25.7 Å². The number of aliphatic carboxylic acids is 1. The molecule has 3 rings (SSSR count). The molecule has 1 saturated carbocycles. The van der Waals surface area contributed by atoms with Crippen LogP contribution in [0.2, 0.25) is 0 Å². The molecule has 1 aliphatic carbocycles. The van der Waals surface area contributed by atoms with Crippen molar-refractivity contribution in [1.82, 2.24) is 10.2 Å². The van der Waals surface area contributed by atoms with Gasteiger partial charge in [-0.05, 0) is 30.9 Å². The van der Waals surface area contributed by atoms with E-state index in [0.717, 1.165) is 25.9 Å². The third-order valence-corrected chi connectivity index (χ3v) is 4.02. The fourth-order valence-corrected chi connectivity index (χ4v) is 2.82. The molecular weight excluding hydrogens is 240 g/mol. The van der Waals surface area contributed by atoms with E-state index in [1.165, 1.54) is 11.1 Å². The Hall–Kier alpha value is -1.39. The third kappa shape index (κ3) is 2.65. The van der Waals surface area contributed by atoms with Crippen molar-refractivity contribution in [2.75, 3.05) is 6.54 Å². The number of nitrogens with one attached hydrogen (secondary N) is 1. The molecule has 4 nitrogen and oxygen atoms in total. The second kappa shape index (κ2) is 4.62. The Bertz CT molecular complexity index is 474. The van der Waals surface area contributed by atoms with Gasteiger partial charge in [-0.3, -0.25) is 15.0 Å². The maximum absolute atomic E-state index is 11.6. The van der Waals surface area contributed by atoms with Gasteiger partial charge in [0.25, 0.3) is 0 Å². The first-order valence-corrected chi connectivity index (χ1v) is 6.87. The number of fused-ring (bicyclic) bond motifs is 1. The number of benzene rings is 1. The molecular formula is C15H20N2O2. The molecule has 1 fully saturated rings. The summed E-state index contributed by atoms with van der Waals surface area (Å²) < 4.78 is 0. The molecule has 1 heterocycles. The molecule has 0 saturated heterocycles. The molecule has 102 valence electrons. The molecule has 1 atom stereocenters. The molecule has 0 radical (unpaired) electrons. The van der Waals surface area contributed by atoms with Crippen molar-refractivity contribution in [3.63, 3.8) is 0 Å². The lowest BCUT2D eigenvalue weighted by molar-refractivity contribution is -0.145. The molecule has 1 unspecified atom stereocenters. The van der Waals surface area contributed by atoms with Gasteiger partial charge in [-0.2, -0.15) is 0 Å². The highest BCUT2D eigenvalue weighted by Crippen LogP contribution is 2.27. The highest BCUT2D eigenvalue weighted by Gasteiger charge is 2.40. The van der Waals surface area contributed by atoms with Crippen LogP contribution in [0, 0.1) is 0 Å². The van der Waals surface area contributed by atoms with Crippen LogP contribution in [0.4, 0.5) is 0 Å². The normalized spacial score (nSPS) is 21.9. The molecule has 19 heavy (non-hydrogen) atoms. The van der Waals surface area contributed by atoms with Crippen LogP contribution in [0.5, 0.6) is 0 Å². The Morgan fingerprint density at radius 3 is 2.42 bits per heavy atom. The van der Waals surface area contributed by atoms with Gasteiger partial charge in [0.1, 0.15) is 5.54 Å². The Balaban J connectivity index is 1.69. The van der Waals surface area contributed by atoms with Gasteiger partial charge in [-0.1, -0.05) is 24.3 Å². The van der Waals surface area contributed by atoms with Gasteiger partial charge >= 0.3 is 5.97 Å². The van der Waals surface area contributed by atoms with E-state index in [1.54, 1.807) is 6.92 Å². The number of carboxylic acids is 1. The summed E-state index contributed by atoms with van der Waals surface area (Å²) in [6.07, 6.45) is 2.20. The molecule has 0 amide bonds. The van der Waals surface area contributed by atoms with E-state index in [2.05, 4.69) is 22.3 Å². The summed E-state index contributed by atoms with van der Waals surface area (Å²) in [5.41, 5.74) is 1.80. The van der Waals surface area contributed by atoms with Crippen molar-refractivity contribution in [3.05, 3.63) is 35.4 Å². The SMILES string of the molecule is CC(CN1Cc2ccccc2C1)(NC1CC1)C(=O)O. The van der Waals surface area contributed by atoms with Crippen LogP contribution in [0.1, 0.15) is 30.9 Å². The average Bonchev–Trinajstić information content (AvgIpc) is 3.06. The standard InChI is InChI=1S/C15H20N2O2/c1-15(14(18)19,16-13-6-7-13)10-17-8-11-4-2-3-5-12(11)9-17/h2-5,13,16H,6-10H2,1H3,(H,18,19). The zero-order chi connectivity index (χ0) is 13.5. The monoisotopic (exact) mass is 260 g/mol. The van der Waals surface area contributed by atoms with E-state index in [0.29, 0.717) is 12.6 Å². The van der Waals surface area contributed by atoms with Crippen LogP contribution >= 0.6 is 0 Å². The summed E-state index contributed by atoms with van der Waals surface area (Å²) in [6.45, 7) is 4.06. The Morgan fingerprint density at radius 1 is 1.37 bits per heavy atom. The van der Waals surface area contributed by atoms with Crippen LogP contribution in [0.15, 0.2) is 24.3 Å². The summed E-state index contributed by atoms with van der Waals surface area (Å²) in [5, 5.41) is 12.8. The number of hydrogen-bond donors (Lipinski definition) is 2. The third-order valence-electron chi connectivity index (χ3n) is 4.02. The molecule has 0 spiro atoms. The first-order chi connectivity index (χ1) is 9.07. The Morgan fingerprint density at radius 2 is 1.95 bits per heavy atom. The van der Waals surface area contributed by atoms with Crippen LogP contribution in [-0.4, -0.2) is 34.1 Å². The smallest absolute Gasteiger partial charge is 0.324 e. The quantitative estimate of drug-likeness (QED) is 0.844. The lowest BCUT2D eigenvalue weighted by atomic mass is 10.0. The minimum absolute atomic E-state index is 0.395. The summed E-state index contributed by atoms with van der Waals surface area (Å²) in [6, 6.07) is 8.73. The average molecular weight is 260 g/mol. The summed E-state index contributed by atoms with van der Waals surface area (Å²) in [7, 11) is 0. The molecule has 1 aromatic rings. The van der Waals surface area contributed by atoms with Gasteiger partial charge in [0.05, 0.1) is 0 Å². The maximum Gasteiger partial charge on any atom is 0.324 e. The van der Waals surface area contributed by atoms with E-state index < -0.39 is 11.5 Å². The molecule has 0 bridgehead atoms. The van der Waals surface area contributed by atoms with Gasteiger partial charge < -0.3 is 5.11 Å². The lowest BCUT2D eigenvalue weighted by Gasteiger charge is -2.31. The van der Waals surface area contributed by atoms with Gasteiger partial charge in [0.2, 0.25) is 0 Å². The molecule has 0 aromatic heterocycles. The largest absolute Gasteiger partial charge is 0.480 e. The predicted molar refractivity (Wildman–Crippen MR) is 72.8 cm³/mol. The highest BCUT2D eigenvalue weighted by molar-refractivity contribution is 5.78. The molecule has 1 aliphatic heterocycles. The Kier molecular flexibility index (Phi) is 3.07. The van der Waals surface area contributed by atoms with Crippen LogP contribution in [-0.2, 0) is 17.9 Å². The Labute approximate surface area is 113 Å². The zero-order valence-corrected chi connectivity index (χ0v) is 11.2. The van der Waals surface area contributed by atoms with Gasteiger partial charge in [0.15, 0.2) is 0 Å². The van der Waals surface area contributed by atoms with Crippen molar-refractivity contribution >= 4 is 5.97 Å². The minimum Gasteiger partial charge on any atom is -0.480 e. The van der Waals surface area contributed by atoms with Crippen LogP contribution in [0.25, 0.3) is 0 Å². The van der Waals surface area contributed by atoms with Crippen molar-refractivity contribution in [3.8, 4) is 0 Å². The second-order valence-electron chi connectivity index (χ2n) is 5.97. The number of hydrogen-bond acceptors (Lipinski definition) is 3. The van der Waals surface area contributed by atoms with E-state index in [-0.39, 0.29) is 0 Å². The van der Waals surface area contributed by atoms with Crippen LogP contribution in [0.3, 0.4) is 0 Å². The van der Waals surface area contributed by atoms with E-state index >= 15 is 0 Å². The van der Waals surface area contributed by atoms with E-state index in [4.69, 9.17) is 0 Å². The molecule has 2 aliphatic rings. The van der Waals surface area contributed by atoms with E-state index in [1.807, 2.05) is 12.1 Å². The van der Waals surface area contributed by atoms with Crippen molar-refractivity contribution in [1.29, 1.82) is 0 Å². The zero-order valence-electron chi connectivity index (χ0n) is 11.2. The van der Waals surface area contributed by atoms with Crippen molar-refractivity contribution in [2.24, 2.45) is 0 Å². The predicted octanol–water partition coefficient (Wildman–Crippen LogP) is 1.60.